The molecular formula is C22H30N2O3S. The molecule has 0 unspecified atom stereocenters. The van der Waals surface area contributed by atoms with Gasteiger partial charge in [0.05, 0.1) is 12.0 Å². The van der Waals surface area contributed by atoms with Gasteiger partial charge in [-0.15, -0.1) is 0 Å². The first-order chi connectivity index (χ1) is 13.5. The zero-order valence-electron chi connectivity index (χ0n) is 16.7. The van der Waals surface area contributed by atoms with Gasteiger partial charge in [0.15, 0.2) is 0 Å². The van der Waals surface area contributed by atoms with Crippen LogP contribution in [0.5, 0.6) is 5.75 Å². The Bertz CT molecular complexity index is 848. The van der Waals surface area contributed by atoms with Crippen LogP contribution in [0.3, 0.4) is 0 Å². The molecule has 0 radical (unpaired) electrons. The van der Waals surface area contributed by atoms with Gasteiger partial charge in [0.2, 0.25) is 10.0 Å². The minimum Gasteiger partial charge on any atom is -0.497 e. The van der Waals surface area contributed by atoms with Crippen LogP contribution < -0.4 is 9.46 Å². The Hall–Kier alpha value is -1.89. The Kier molecular flexibility index (Phi) is 7.10. The van der Waals surface area contributed by atoms with E-state index in [0.29, 0.717) is 18.2 Å². The van der Waals surface area contributed by atoms with Crippen LogP contribution in [0.15, 0.2) is 53.4 Å². The van der Waals surface area contributed by atoms with Gasteiger partial charge in [-0.05, 0) is 67.1 Å². The molecule has 3 rings (SSSR count). The summed E-state index contributed by atoms with van der Waals surface area (Å²) >= 11 is 0. The summed E-state index contributed by atoms with van der Waals surface area (Å²) in [5, 5.41) is 0. The lowest BCUT2D eigenvalue weighted by molar-refractivity contribution is 0.169. The lowest BCUT2D eigenvalue weighted by Gasteiger charge is -2.32. The van der Waals surface area contributed by atoms with Crippen LogP contribution in [0, 0.1) is 5.92 Å². The quantitative estimate of drug-likeness (QED) is 0.735. The van der Waals surface area contributed by atoms with Gasteiger partial charge in [0.1, 0.15) is 5.75 Å². The van der Waals surface area contributed by atoms with E-state index in [-0.39, 0.29) is 4.90 Å². The van der Waals surface area contributed by atoms with Crippen molar-refractivity contribution >= 4 is 10.0 Å². The minimum atomic E-state index is -3.49. The number of methoxy groups -OCH3 is 1. The number of piperidine rings is 1. The molecule has 0 amide bonds. The van der Waals surface area contributed by atoms with E-state index < -0.39 is 10.0 Å². The zero-order chi connectivity index (χ0) is 20.0. The predicted molar refractivity (Wildman–Crippen MR) is 112 cm³/mol. The molecule has 0 aliphatic carbocycles. The van der Waals surface area contributed by atoms with Crippen molar-refractivity contribution in [2.24, 2.45) is 5.92 Å². The number of sulfonamides is 1. The van der Waals surface area contributed by atoms with E-state index in [2.05, 4.69) is 40.8 Å². The fourth-order valence-electron chi connectivity index (χ4n) is 3.67. The number of hydrogen-bond donors (Lipinski definition) is 1. The highest BCUT2D eigenvalue weighted by molar-refractivity contribution is 7.89. The zero-order valence-corrected chi connectivity index (χ0v) is 17.5. The summed E-state index contributed by atoms with van der Waals surface area (Å²) in [5.41, 5.74) is 2.67. The highest BCUT2D eigenvalue weighted by Gasteiger charge is 2.22. The van der Waals surface area contributed by atoms with Gasteiger partial charge in [-0.1, -0.05) is 31.2 Å². The maximum Gasteiger partial charge on any atom is 0.240 e. The number of rotatable bonds is 8. The largest absolute Gasteiger partial charge is 0.497 e. The minimum absolute atomic E-state index is 0.275. The van der Waals surface area contributed by atoms with E-state index >= 15 is 0 Å². The smallest absolute Gasteiger partial charge is 0.240 e. The predicted octanol–water partition coefficient (Wildman–Crippen LogP) is 3.45. The first-order valence-electron chi connectivity index (χ1n) is 9.94. The molecule has 152 valence electrons. The van der Waals surface area contributed by atoms with Crippen LogP contribution >= 0.6 is 0 Å². The first kappa shape index (κ1) is 20.8. The number of aryl methyl sites for hydroxylation is 1. The Labute approximate surface area is 168 Å². The number of ether oxygens (including phenoxy) is 1. The third kappa shape index (κ3) is 5.56. The molecule has 5 nitrogen and oxygen atoms in total. The number of benzene rings is 2. The maximum atomic E-state index is 12.5. The monoisotopic (exact) mass is 402 g/mol. The summed E-state index contributed by atoms with van der Waals surface area (Å²) in [7, 11) is -1.93. The van der Waals surface area contributed by atoms with Gasteiger partial charge in [-0.2, -0.15) is 0 Å². The second-order valence-electron chi connectivity index (χ2n) is 7.44. The molecule has 1 saturated heterocycles. The second kappa shape index (κ2) is 9.54. The molecule has 1 heterocycles. The van der Waals surface area contributed by atoms with E-state index in [0.717, 1.165) is 38.9 Å². The van der Waals surface area contributed by atoms with E-state index in [1.54, 1.807) is 31.4 Å². The van der Waals surface area contributed by atoms with Crippen molar-refractivity contribution in [2.45, 2.75) is 37.6 Å². The first-order valence-corrected chi connectivity index (χ1v) is 11.4. The van der Waals surface area contributed by atoms with E-state index in [9.17, 15) is 8.42 Å². The van der Waals surface area contributed by atoms with Crippen LogP contribution in [-0.4, -0.2) is 40.1 Å². The van der Waals surface area contributed by atoms with Crippen LogP contribution in [-0.2, 0) is 23.0 Å². The molecule has 1 aliphatic heterocycles. The molecule has 0 saturated carbocycles. The fraction of sp³-hybridized carbons (Fsp3) is 0.455. The van der Waals surface area contributed by atoms with Crippen LogP contribution in [0.1, 0.15) is 30.9 Å². The molecule has 0 spiro atoms. The summed E-state index contributed by atoms with van der Waals surface area (Å²) in [6.45, 7) is 5.54. The molecule has 2 aromatic rings. The lowest BCUT2D eigenvalue weighted by Crippen LogP contribution is -2.40. The lowest BCUT2D eigenvalue weighted by atomic mass is 9.98. The summed E-state index contributed by atoms with van der Waals surface area (Å²) in [4.78, 5) is 2.70. The van der Waals surface area contributed by atoms with Crippen LogP contribution in [0.25, 0.3) is 0 Å². The average Bonchev–Trinajstić information content (AvgIpc) is 2.73. The molecule has 0 bridgehead atoms. The van der Waals surface area contributed by atoms with Crippen molar-refractivity contribution in [3.63, 3.8) is 0 Å². The van der Waals surface area contributed by atoms with Crippen LogP contribution in [0.2, 0.25) is 0 Å². The molecule has 2 aromatic carbocycles. The average molecular weight is 403 g/mol. The molecule has 28 heavy (non-hydrogen) atoms. The molecular weight excluding hydrogens is 372 g/mol. The Balaban J connectivity index is 1.53. The second-order valence-corrected chi connectivity index (χ2v) is 9.21. The fourth-order valence-corrected chi connectivity index (χ4v) is 4.78. The highest BCUT2D eigenvalue weighted by Crippen LogP contribution is 2.20. The molecule has 6 heteroatoms. The highest BCUT2D eigenvalue weighted by atomic mass is 32.2. The summed E-state index contributed by atoms with van der Waals surface area (Å²) in [6, 6.07) is 15.3. The number of likely N-dealkylation sites (tertiary alicyclic amines) is 1. The summed E-state index contributed by atoms with van der Waals surface area (Å²) in [5.74, 6) is 0.977. The van der Waals surface area contributed by atoms with Crippen molar-refractivity contribution in [3.05, 3.63) is 59.7 Å². The molecule has 1 N–H and O–H groups in total. The SMILES string of the molecule is CCc1ccc(CN2CCC[C@H](CNS(=O)(=O)c3ccc(OC)cc3)C2)cc1. The molecule has 1 atom stereocenters. The van der Waals surface area contributed by atoms with Crippen molar-refractivity contribution in [1.29, 1.82) is 0 Å². The number of nitrogens with zero attached hydrogens (tertiary/aromatic N) is 1. The van der Waals surface area contributed by atoms with Gasteiger partial charge in [-0.3, -0.25) is 4.90 Å². The van der Waals surface area contributed by atoms with Crippen LogP contribution in [0.4, 0.5) is 0 Å². The van der Waals surface area contributed by atoms with E-state index in [1.165, 1.54) is 11.1 Å². The number of nitrogens with one attached hydrogen (secondary N) is 1. The van der Waals surface area contributed by atoms with Gasteiger partial charge < -0.3 is 4.74 Å². The number of hydrogen-bond acceptors (Lipinski definition) is 4. The Morgan fingerprint density at radius 3 is 2.39 bits per heavy atom. The van der Waals surface area contributed by atoms with Gasteiger partial charge in [-0.25, -0.2) is 13.1 Å². The van der Waals surface area contributed by atoms with Gasteiger partial charge in [0, 0.05) is 19.6 Å². The standard InChI is InChI=1S/C22H30N2O3S/c1-3-18-6-8-19(9-7-18)16-24-14-4-5-20(17-24)15-23-28(25,26)22-12-10-21(27-2)11-13-22/h6-13,20,23H,3-5,14-17H2,1-2H3/t20-/m1/s1. The van der Waals surface area contributed by atoms with Gasteiger partial charge in [0.25, 0.3) is 0 Å². The van der Waals surface area contributed by atoms with E-state index in [1.807, 2.05) is 0 Å². The maximum absolute atomic E-state index is 12.5. The topological polar surface area (TPSA) is 58.6 Å². The normalized spacial score (nSPS) is 18.1. The Morgan fingerprint density at radius 2 is 1.75 bits per heavy atom. The third-order valence-corrected chi connectivity index (χ3v) is 6.81. The van der Waals surface area contributed by atoms with Crippen molar-refractivity contribution in [1.82, 2.24) is 9.62 Å². The molecule has 0 aromatic heterocycles. The molecule has 1 aliphatic rings. The van der Waals surface area contributed by atoms with Gasteiger partial charge >= 0.3 is 0 Å². The third-order valence-electron chi connectivity index (χ3n) is 5.37. The van der Waals surface area contributed by atoms with Crippen molar-refractivity contribution in [2.75, 3.05) is 26.7 Å². The summed E-state index contributed by atoms with van der Waals surface area (Å²) < 4.78 is 33.0. The molecule has 1 fully saturated rings. The van der Waals surface area contributed by atoms with Crippen molar-refractivity contribution in [3.8, 4) is 5.75 Å². The van der Waals surface area contributed by atoms with Crippen molar-refractivity contribution < 1.29 is 13.2 Å². The summed E-state index contributed by atoms with van der Waals surface area (Å²) in [6.07, 6.45) is 3.21. The Morgan fingerprint density at radius 1 is 1.07 bits per heavy atom. The van der Waals surface area contributed by atoms with E-state index in [4.69, 9.17) is 4.74 Å².